The molecule has 0 fully saturated rings. The van der Waals surface area contributed by atoms with Gasteiger partial charge in [-0.1, -0.05) is 6.07 Å². The van der Waals surface area contributed by atoms with Crippen molar-refractivity contribution in [3.8, 4) is 0 Å². The van der Waals surface area contributed by atoms with Crippen LogP contribution in [0, 0.1) is 6.92 Å². The van der Waals surface area contributed by atoms with Gasteiger partial charge in [-0.05, 0) is 32.0 Å². The lowest BCUT2D eigenvalue weighted by atomic mass is 10.0. The number of carbonyl (C=O) groups is 1. The molecule has 6 heteroatoms. The van der Waals surface area contributed by atoms with E-state index < -0.39 is 11.5 Å². The summed E-state index contributed by atoms with van der Waals surface area (Å²) in [5, 5.41) is 12.9. The molecule has 2 aromatic rings. The van der Waals surface area contributed by atoms with E-state index in [-0.39, 0.29) is 17.8 Å². The summed E-state index contributed by atoms with van der Waals surface area (Å²) < 4.78 is 6.62. The van der Waals surface area contributed by atoms with Crippen molar-refractivity contribution < 1.29 is 14.3 Å². The van der Waals surface area contributed by atoms with E-state index in [1.807, 2.05) is 0 Å². The number of hydrogen-bond acceptors (Lipinski definition) is 4. The molecule has 0 saturated carbocycles. The number of pyridine rings is 1. The van der Waals surface area contributed by atoms with Crippen LogP contribution in [0.4, 0.5) is 0 Å². The molecular weight excluding hydrogens is 272 g/mol. The van der Waals surface area contributed by atoms with Gasteiger partial charge in [0.05, 0.1) is 6.54 Å². The molecule has 2 N–H and O–H groups in total. The zero-order chi connectivity index (χ0) is 15.6. The maximum absolute atomic E-state index is 12.1. The van der Waals surface area contributed by atoms with Crippen molar-refractivity contribution in [2.75, 3.05) is 6.54 Å². The highest BCUT2D eigenvalue weighted by Gasteiger charge is 2.27. The van der Waals surface area contributed by atoms with Crippen LogP contribution in [0.5, 0.6) is 0 Å². The number of amides is 1. The molecule has 112 valence electrons. The Bertz CT molecular complexity index is 712. The number of furan rings is 1. The molecular formula is C15H18N2O4. The monoisotopic (exact) mass is 290 g/mol. The maximum atomic E-state index is 12.1. The van der Waals surface area contributed by atoms with Gasteiger partial charge in [-0.25, -0.2) is 0 Å². The van der Waals surface area contributed by atoms with Gasteiger partial charge in [-0.15, -0.1) is 0 Å². The van der Waals surface area contributed by atoms with Gasteiger partial charge < -0.3 is 19.4 Å². The molecule has 0 aliphatic rings. The molecule has 1 unspecified atom stereocenters. The molecule has 0 saturated heterocycles. The Morgan fingerprint density at radius 2 is 2.10 bits per heavy atom. The second kappa shape index (κ2) is 5.57. The van der Waals surface area contributed by atoms with Crippen LogP contribution in [-0.4, -0.2) is 22.1 Å². The van der Waals surface area contributed by atoms with Crippen LogP contribution in [0.2, 0.25) is 0 Å². The van der Waals surface area contributed by atoms with Gasteiger partial charge in [0.2, 0.25) is 0 Å². The normalized spacial score (nSPS) is 13.7. The van der Waals surface area contributed by atoms with Gasteiger partial charge in [0.1, 0.15) is 22.8 Å². The molecule has 21 heavy (non-hydrogen) atoms. The van der Waals surface area contributed by atoms with Crippen molar-refractivity contribution in [2.45, 2.75) is 19.4 Å². The second-order valence-electron chi connectivity index (χ2n) is 5.18. The lowest BCUT2D eigenvalue weighted by Gasteiger charge is -2.21. The summed E-state index contributed by atoms with van der Waals surface area (Å²) >= 11 is 0. The van der Waals surface area contributed by atoms with E-state index in [4.69, 9.17) is 4.42 Å². The highest BCUT2D eigenvalue weighted by atomic mass is 16.4. The number of aromatic nitrogens is 1. The molecule has 0 aliphatic carbocycles. The zero-order valence-corrected chi connectivity index (χ0v) is 12.2. The standard InChI is InChI=1S/C15H18N2O4/c1-10-7-8-12(21-10)15(2,20)9-16-14(19)11-5-4-6-13(18)17(11)3/h4-8,20H,9H2,1-3H3,(H,16,19). The van der Waals surface area contributed by atoms with Crippen LogP contribution in [0.15, 0.2) is 39.5 Å². The largest absolute Gasteiger partial charge is 0.463 e. The third kappa shape index (κ3) is 3.22. The van der Waals surface area contributed by atoms with Crippen molar-refractivity contribution in [1.29, 1.82) is 0 Å². The minimum atomic E-state index is -1.32. The Labute approximate surface area is 122 Å². The molecule has 2 rings (SSSR count). The van der Waals surface area contributed by atoms with Crippen LogP contribution in [-0.2, 0) is 12.6 Å². The van der Waals surface area contributed by atoms with Gasteiger partial charge in [0.15, 0.2) is 0 Å². The minimum absolute atomic E-state index is 0.0259. The summed E-state index contributed by atoms with van der Waals surface area (Å²) in [7, 11) is 1.52. The predicted molar refractivity (Wildman–Crippen MR) is 77.0 cm³/mol. The Kier molecular flexibility index (Phi) is 3.99. The fraction of sp³-hybridized carbons (Fsp3) is 0.333. The van der Waals surface area contributed by atoms with Gasteiger partial charge in [-0.3, -0.25) is 9.59 Å². The third-order valence-corrected chi connectivity index (χ3v) is 3.28. The molecule has 2 heterocycles. The van der Waals surface area contributed by atoms with Crippen molar-refractivity contribution in [3.05, 3.63) is 57.9 Å². The van der Waals surface area contributed by atoms with Gasteiger partial charge in [0, 0.05) is 13.1 Å². The van der Waals surface area contributed by atoms with Crippen LogP contribution in [0.3, 0.4) is 0 Å². The van der Waals surface area contributed by atoms with Crippen LogP contribution in [0.1, 0.15) is 28.9 Å². The topological polar surface area (TPSA) is 84.5 Å². The van der Waals surface area contributed by atoms with E-state index in [9.17, 15) is 14.7 Å². The van der Waals surface area contributed by atoms with Crippen molar-refractivity contribution in [2.24, 2.45) is 7.05 Å². The van der Waals surface area contributed by atoms with E-state index in [0.717, 1.165) is 0 Å². The highest BCUT2D eigenvalue weighted by Crippen LogP contribution is 2.21. The molecule has 0 radical (unpaired) electrons. The van der Waals surface area contributed by atoms with Crippen LogP contribution >= 0.6 is 0 Å². The van der Waals surface area contributed by atoms with Crippen LogP contribution in [0.25, 0.3) is 0 Å². The van der Waals surface area contributed by atoms with Crippen molar-refractivity contribution in [3.63, 3.8) is 0 Å². The smallest absolute Gasteiger partial charge is 0.268 e. The fourth-order valence-electron chi connectivity index (χ4n) is 1.95. The molecule has 6 nitrogen and oxygen atoms in total. The number of aryl methyl sites for hydroxylation is 1. The first-order chi connectivity index (χ1) is 9.81. The molecule has 0 aromatic carbocycles. The van der Waals surface area contributed by atoms with Gasteiger partial charge in [-0.2, -0.15) is 0 Å². The number of nitrogens with zero attached hydrogens (tertiary/aromatic N) is 1. The fourth-order valence-corrected chi connectivity index (χ4v) is 1.95. The minimum Gasteiger partial charge on any atom is -0.463 e. The van der Waals surface area contributed by atoms with Crippen LogP contribution < -0.4 is 10.9 Å². The molecule has 0 spiro atoms. The first kappa shape index (κ1) is 15.1. The summed E-state index contributed by atoms with van der Waals surface area (Å²) in [6.07, 6.45) is 0. The lowest BCUT2D eigenvalue weighted by molar-refractivity contribution is 0.0322. The summed E-state index contributed by atoms with van der Waals surface area (Å²) in [6.45, 7) is 3.30. The summed E-state index contributed by atoms with van der Waals surface area (Å²) in [6, 6.07) is 7.85. The second-order valence-corrected chi connectivity index (χ2v) is 5.18. The van der Waals surface area contributed by atoms with Crippen molar-refractivity contribution in [1.82, 2.24) is 9.88 Å². The van der Waals surface area contributed by atoms with Crippen molar-refractivity contribution >= 4 is 5.91 Å². The number of hydrogen-bond donors (Lipinski definition) is 2. The van der Waals surface area contributed by atoms with E-state index in [1.165, 1.54) is 23.7 Å². The average Bonchev–Trinajstić information content (AvgIpc) is 2.87. The number of aliphatic hydroxyl groups is 1. The third-order valence-electron chi connectivity index (χ3n) is 3.28. The Balaban J connectivity index is 2.10. The summed E-state index contributed by atoms with van der Waals surface area (Å²) in [5.74, 6) is 0.628. The number of nitrogens with one attached hydrogen (secondary N) is 1. The average molecular weight is 290 g/mol. The highest BCUT2D eigenvalue weighted by molar-refractivity contribution is 5.92. The summed E-state index contributed by atoms with van der Waals surface area (Å²) in [5.41, 5.74) is -1.36. The number of carbonyl (C=O) groups excluding carboxylic acids is 1. The van der Waals surface area contributed by atoms with Gasteiger partial charge in [0.25, 0.3) is 11.5 Å². The molecule has 2 aromatic heterocycles. The van der Waals surface area contributed by atoms with E-state index in [1.54, 1.807) is 32.0 Å². The molecule has 0 bridgehead atoms. The Morgan fingerprint density at radius 3 is 2.71 bits per heavy atom. The first-order valence-electron chi connectivity index (χ1n) is 6.55. The molecule has 1 amide bonds. The van der Waals surface area contributed by atoms with Gasteiger partial charge >= 0.3 is 0 Å². The van der Waals surface area contributed by atoms with E-state index in [0.29, 0.717) is 11.5 Å². The quantitative estimate of drug-likeness (QED) is 0.877. The SMILES string of the molecule is Cc1ccc(C(C)(O)CNC(=O)c2cccc(=O)n2C)o1. The lowest BCUT2D eigenvalue weighted by Crippen LogP contribution is -2.40. The first-order valence-corrected chi connectivity index (χ1v) is 6.55. The summed E-state index contributed by atoms with van der Waals surface area (Å²) in [4.78, 5) is 23.6. The Hall–Kier alpha value is -2.34. The Morgan fingerprint density at radius 1 is 1.38 bits per heavy atom. The van der Waals surface area contributed by atoms with E-state index >= 15 is 0 Å². The predicted octanol–water partition coefficient (Wildman–Crippen LogP) is 0.924. The maximum Gasteiger partial charge on any atom is 0.268 e. The molecule has 1 atom stereocenters. The zero-order valence-electron chi connectivity index (χ0n) is 12.2. The number of rotatable bonds is 4. The molecule has 0 aliphatic heterocycles. The van der Waals surface area contributed by atoms with E-state index in [2.05, 4.69) is 5.32 Å².